The van der Waals surface area contributed by atoms with Crippen LogP contribution in [0.25, 0.3) is 0 Å². The Morgan fingerprint density at radius 3 is 2.78 bits per heavy atom. The molecule has 0 radical (unpaired) electrons. The van der Waals surface area contributed by atoms with Gasteiger partial charge in [-0.15, -0.1) is 0 Å². The highest BCUT2D eigenvalue weighted by molar-refractivity contribution is 14.1. The van der Waals surface area contributed by atoms with Crippen molar-refractivity contribution < 1.29 is 9.66 Å². The molecule has 0 saturated carbocycles. The number of ether oxygens (including phenoxy) is 1. The summed E-state index contributed by atoms with van der Waals surface area (Å²) < 4.78 is 6.33. The summed E-state index contributed by atoms with van der Waals surface area (Å²) in [7, 11) is 0. The Hall–Kier alpha value is -1.41. The molecular weight excluding hydrogens is 370 g/mol. The van der Waals surface area contributed by atoms with Gasteiger partial charge in [-0.1, -0.05) is 11.6 Å². The van der Waals surface area contributed by atoms with Crippen LogP contribution in [-0.4, -0.2) is 9.91 Å². The van der Waals surface area contributed by atoms with Crippen LogP contribution in [0.2, 0.25) is 5.02 Å². The average Bonchev–Trinajstić information content (AvgIpc) is 2.27. The quantitative estimate of drug-likeness (QED) is 0.461. The van der Waals surface area contributed by atoms with Gasteiger partial charge in [0, 0.05) is 20.9 Å². The summed E-state index contributed by atoms with van der Waals surface area (Å²) in [6, 6.07) is 7.70. The number of nitro groups is 1. The first kappa shape index (κ1) is 13.0. The summed E-state index contributed by atoms with van der Waals surface area (Å²) in [6.45, 7) is 0. The Morgan fingerprint density at radius 1 is 1.33 bits per heavy atom. The lowest BCUT2D eigenvalue weighted by atomic mass is 10.3. The zero-order valence-corrected chi connectivity index (χ0v) is 11.8. The van der Waals surface area contributed by atoms with Crippen molar-refractivity contribution in [1.29, 1.82) is 0 Å². The molecule has 0 aliphatic carbocycles. The molecule has 0 spiro atoms. The molecule has 0 saturated heterocycles. The Balaban J connectivity index is 2.28. The summed E-state index contributed by atoms with van der Waals surface area (Å²) in [4.78, 5) is 14.0. The zero-order chi connectivity index (χ0) is 13.1. The predicted molar refractivity (Wildman–Crippen MR) is 75.1 cm³/mol. The second-order valence-electron chi connectivity index (χ2n) is 3.32. The molecule has 18 heavy (non-hydrogen) atoms. The molecular formula is C11H6ClIN2O3. The average molecular weight is 377 g/mol. The topological polar surface area (TPSA) is 65.3 Å². The fourth-order valence-electron chi connectivity index (χ4n) is 1.28. The lowest BCUT2D eigenvalue weighted by molar-refractivity contribution is -0.385. The van der Waals surface area contributed by atoms with E-state index in [0.717, 1.165) is 3.57 Å². The molecule has 92 valence electrons. The molecule has 0 atom stereocenters. The fraction of sp³-hybridized carbons (Fsp3) is 0. The second kappa shape index (κ2) is 5.49. The van der Waals surface area contributed by atoms with Crippen molar-refractivity contribution >= 4 is 39.9 Å². The molecule has 0 fully saturated rings. The van der Waals surface area contributed by atoms with E-state index < -0.39 is 4.92 Å². The van der Waals surface area contributed by atoms with Crippen LogP contribution in [0, 0.1) is 13.7 Å². The van der Waals surface area contributed by atoms with Crippen LogP contribution in [-0.2, 0) is 0 Å². The normalized spacial score (nSPS) is 10.1. The van der Waals surface area contributed by atoms with Crippen LogP contribution in [0.1, 0.15) is 0 Å². The standard InChI is InChI=1S/C11H6ClIN2O3/c12-7-3-8(13)5-10(4-7)18-11-6-9(15(16)17)1-2-14-11/h1-6H. The summed E-state index contributed by atoms with van der Waals surface area (Å²) in [5.41, 5.74) is -0.0725. The maximum atomic E-state index is 10.6. The molecule has 0 aliphatic heterocycles. The molecule has 0 unspecified atom stereocenters. The van der Waals surface area contributed by atoms with E-state index in [1.54, 1.807) is 18.2 Å². The SMILES string of the molecule is O=[N+]([O-])c1ccnc(Oc2cc(Cl)cc(I)c2)c1. The van der Waals surface area contributed by atoms with E-state index in [-0.39, 0.29) is 11.6 Å². The van der Waals surface area contributed by atoms with Gasteiger partial charge in [0.05, 0.1) is 11.0 Å². The van der Waals surface area contributed by atoms with Crippen LogP contribution >= 0.6 is 34.2 Å². The van der Waals surface area contributed by atoms with E-state index in [1.165, 1.54) is 18.3 Å². The van der Waals surface area contributed by atoms with E-state index in [2.05, 4.69) is 27.6 Å². The molecule has 0 amide bonds. The van der Waals surface area contributed by atoms with E-state index in [9.17, 15) is 10.1 Å². The summed E-state index contributed by atoms with van der Waals surface area (Å²) >= 11 is 7.98. The minimum atomic E-state index is -0.504. The van der Waals surface area contributed by atoms with Crippen LogP contribution < -0.4 is 4.74 Å². The van der Waals surface area contributed by atoms with Gasteiger partial charge >= 0.3 is 0 Å². The van der Waals surface area contributed by atoms with Gasteiger partial charge in [0.1, 0.15) is 5.75 Å². The second-order valence-corrected chi connectivity index (χ2v) is 5.00. The minimum absolute atomic E-state index is 0.0725. The van der Waals surface area contributed by atoms with Gasteiger partial charge in [0.2, 0.25) is 5.88 Å². The van der Waals surface area contributed by atoms with E-state index >= 15 is 0 Å². The van der Waals surface area contributed by atoms with Crippen LogP contribution in [0.5, 0.6) is 11.6 Å². The molecule has 1 heterocycles. The Bertz CT molecular complexity index is 586. The van der Waals surface area contributed by atoms with Crippen molar-refractivity contribution in [2.75, 3.05) is 0 Å². The molecule has 1 aromatic heterocycles. The third kappa shape index (κ3) is 3.30. The van der Waals surface area contributed by atoms with Gasteiger partial charge in [0.25, 0.3) is 5.69 Å². The van der Waals surface area contributed by atoms with Gasteiger partial charge in [-0.3, -0.25) is 10.1 Å². The predicted octanol–water partition coefficient (Wildman–Crippen LogP) is 4.04. The largest absolute Gasteiger partial charge is 0.439 e. The number of aromatic nitrogens is 1. The number of benzene rings is 1. The first-order valence-corrected chi connectivity index (χ1v) is 6.24. The van der Waals surface area contributed by atoms with Crippen LogP contribution in [0.3, 0.4) is 0 Å². The van der Waals surface area contributed by atoms with Crippen molar-refractivity contribution in [2.45, 2.75) is 0 Å². The van der Waals surface area contributed by atoms with Gasteiger partial charge in [-0.25, -0.2) is 4.98 Å². The molecule has 0 bridgehead atoms. The highest BCUT2D eigenvalue weighted by Crippen LogP contribution is 2.27. The minimum Gasteiger partial charge on any atom is -0.439 e. The molecule has 7 heteroatoms. The number of halogens is 2. The Labute approximate surface area is 121 Å². The van der Waals surface area contributed by atoms with E-state index in [0.29, 0.717) is 10.8 Å². The van der Waals surface area contributed by atoms with E-state index in [1.807, 2.05) is 0 Å². The van der Waals surface area contributed by atoms with Crippen LogP contribution in [0.15, 0.2) is 36.5 Å². The Kier molecular flexibility index (Phi) is 3.97. The van der Waals surface area contributed by atoms with Crippen molar-refractivity contribution in [1.82, 2.24) is 4.98 Å². The van der Waals surface area contributed by atoms with Crippen molar-refractivity contribution in [2.24, 2.45) is 0 Å². The number of hydrogen-bond donors (Lipinski definition) is 0. The van der Waals surface area contributed by atoms with Crippen molar-refractivity contribution in [3.05, 3.63) is 55.2 Å². The van der Waals surface area contributed by atoms with E-state index in [4.69, 9.17) is 16.3 Å². The molecule has 0 N–H and O–H groups in total. The molecule has 5 nitrogen and oxygen atoms in total. The maximum Gasteiger partial charge on any atom is 0.276 e. The molecule has 2 aromatic rings. The molecule has 2 rings (SSSR count). The first-order chi connectivity index (χ1) is 8.54. The number of rotatable bonds is 3. The van der Waals surface area contributed by atoms with Crippen molar-refractivity contribution in [3.8, 4) is 11.6 Å². The highest BCUT2D eigenvalue weighted by atomic mass is 127. The van der Waals surface area contributed by atoms with Crippen molar-refractivity contribution in [3.63, 3.8) is 0 Å². The first-order valence-electron chi connectivity index (χ1n) is 4.79. The summed E-state index contributed by atoms with van der Waals surface area (Å²) in [6.07, 6.45) is 1.32. The summed E-state index contributed by atoms with van der Waals surface area (Å²) in [5, 5.41) is 11.1. The van der Waals surface area contributed by atoms with Gasteiger partial charge in [0.15, 0.2) is 0 Å². The third-order valence-electron chi connectivity index (χ3n) is 1.99. The lowest BCUT2D eigenvalue weighted by Gasteiger charge is -2.05. The summed E-state index contributed by atoms with van der Waals surface area (Å²) in [5.74, 6) is 0.641. The maximum absolute atomic E-state index is 10.6. The van der Waals surface area contributed by atoms with Gasteiger partial charge in [-0.2, -0.15) is 0 Å². The monoisotopic (exact) mass is 376 g/mol. The third-order valence-corrected chi connectivity index (χ3v) is 2.83. The molecule has 1 aromatic carbocycles. The lowest BCUT2D eigenvalue weighted by Crippen LogP contribution is -1.92. The number of nitrogens with zero attached hydrogens (tertiary/aromatic N) is 2. The van der Waals surface area contributed by atoms with Gasteiger partial charge in [-0.05, 0) is 40.8 Å². The number of hydrogen-bond acceptors (Lipinski definition) is 4. The molecule has 0 aliphatic rings. The fourth-order valence-corrected chi connectivity index (χ4v) is 2.33. The number of pyridine rings is 1. The van der Waals surface area contributed by atoms with Crippen LogP contribution in [0.4, 0.5) is 5.69 Å². The Morgan fingerprint density at radius 2 is 2.11 bits per heavy atom. The smallest absolute Gasteiger partial charge is 0.276 e. The van der Waals surface area contributed by atoms with Gasteiger partial charge < -0.3 is 4.74 Å². The highest BCUT2D eigenvalue weighted by Gasteiger charge is 2.08. The zero-order valence-electron chi connectivity index (χ0n) is 8.84.